The Hall–Kier alpha value is -3.07. The first-order valence-corrected chi connectivity index (χ1v) is 12.2. The minimum Gasteiger partial charge on any atom is -0.504 e. The van der Waals surface area contributed by atoms with Crippen molar-refractivity contribution in [1.29, 1.82) is 0 Å². The van der Waals surface area contributed by atoms with Gasteiger partial charge in [0.15, 0.2) is 11.5 Å². The van der Waals surface area contributed by atoms with Crippen molar-refractivity contribution in [2.45, 2.75) is 66.3 Å². The van der Waals surface area contributed by atoms with Crippen LogP contribution in [0.3, 0.4) is 0 Å². The summed E-state index contributed by atoms with van der Waals surface area (Å²) in [7, 11) is 0. The summed E-state index contributed by atoms with van der Waals surface area (Å²) < 4.78 is 0. The number of nitrogens with zero attached hydrogens (tertiary/aromatic N) is 1. The number of hydrogen-bond donors (Lipinski definition) is 1. The highest BCUT2D eigenvalue weighted by Gasteiger charge is 2.32. The first kappa shape index (κ1) is 26.2. The van der Waals surface area contributed by atoms with Crippen molar-refractivity contribution < 1.29 is 9.90 Å². The smallest absolute Gasteiger partial charge is 0.196 e. The first-order valence-electron chi connectivity index (χ1n) is 12.2. The Kier molecular flexibility index (Phi) is 10.7. The molecule has 1 aliphatic heterocycles. The van der Waals surface area contributed by atoms with Gasteiger partial charge in [0.2, 0.25) is 0 Å². The maximum atomic E-state index is 11.8. The molecular weight excluding hydrogens is 406 g/mol. The van der Waals surface area contributed by atoms with Gasteiger partial charge in [0.05, 0.1) is 6.04 Å². The molecule has 1 N–H and O–H groups in total. The lowest BCUT2D eigenvalue weighted by atomic mass is 9.85. The third-order valence-electron chi connectivity index (χ3n) is 5.80. The normalized spacial score (nSPS) is 14.4. The minimum atomic E-state index is -0.228. The number of carbonyl (C=O) groups is 1. The van der Waals surface area contributed by atoms with E-state index in [1.807, 2.05) is 20.8 Å². The van der Waals surface area contributed by atoms with Gasteiger partial charge in [-0.05, 0) is 54.9 Å². The Bertz CT molecular complexity index is 916. The van der Waals surface area contributed by atoms with Crippen LogP contribution >= 0.6 is 0 Å². The van der Waals surface area contributed by atoms with Crippen LogP contribution in [0.2, 0.25) is 0 Å². The van der Waals surface area contributed by atoms with E-state index in [9.17, 15) is 9.90 Å². The van der Waals surface area contributed by atoms with Crippen LogP contribution in [0.1, 0.15) is 58.6 Å². The largest absolute Gasteiger partial charge is 0.504 e. The van der Waals surface area contributed by atoms with Crippen LogP contribution in [-0.2, 0) is 17.6 Å². The first-order chi connectivity index (χ1) is 16.0. The van der Waals surface area contributed by atoms with E-state index in [1.165, 1.54) is 16.8 Å². The molecule has 0 saturated heterocycles. The monoisotopic (exact) mass is 445 g/mol. The Morgan fingerprint density at radius 1 is 0.939 bits per heavy atom. The third kappa shape index (κ3) is 8.09. The Morgan fingerprint density at radius 3 is 1.88 bits per heavy atom. The number of Topliss-reactive ketones (excluding diaryl/α,β-unsaturated/α-hetero) is 1. The van der Waals surface area contributed by atoms with Crippen LogP contribution in [0.4, 0.5) is 0 Å². The number of aliphatic hydroxyl groups excluding tert-OH is 1. The molecule has 1 aliphatic rings. The van der Waals surface area contributed by atoms with Crippen LogP contribution in [0.15, 0.2) is 96.0 Å². The minimum absolute atomic E-state index is 0.160. The molecule has 3 heteroatoms. The molecule has 176 valence electrons. The highest BCUT2D eigenvalue weighted by atomic mass is 16.3. The molecule has 2 aromatic carbocycles. The summed E-state index contributed by atoms with van der Waals surface area (Å²) >= 11 is 0. The molecule has 33 heavy (non-hydrogen) atoms. The van der Waals surface area contributed by atoms with Crippen LogP contribution in [0.5, 0.6) is 0 Å². The van der Waals surface area contributed by atoms with Crippen LogP contribution in [0.25, 0.3) is 0 Å². The van der Waals surface area contributed by atoms with Crippen molar-refractivity contribution in [3.8, 4) is 0 Å². The van der Waals surface area contributed by atoms with Crippen molar-refractivity contribution in [2.24, 2.45) is 5.92 Å². The van der Waals surface area contributed by atoms with E-state index >= 15 is 0 Å². The highest BCUT2D eigenvalue weighted by molar-refractivity contribution is 5.93. The van der Waals surface area contributed by atoms with Crippen molar-refractivity contribution in [3.63, 3.8) is 0 Å². The SMILES string of the molecule is CC.CCC(=O)/C(O)=C/C(C)=C/C(C(Cc1ccccc1)Cc1ccccc1)N1C=C1CC. The second-order valence-corrected chi connectivity index (χ2v) is 8.23. The van der Waals surface area contributed by atoms with E-state index in [0.29, 0.717) is 12.3 Å². The number of aliphatic hydroxyl groups is 1. The van der Waals surface area contributed by atoms with E-state index in [-0.39, 0.29) is 17.6 Å². The molecule has 0 fully saturated rings. The van der Waals surface area contributed by atoms with Crippen molar-refractivity contribution >= 4 is 5.78 Å². The van der Waals surface area contributed by atoms with Gasteiger partial charge < -0.3 is 10.0 Å². The topological polar surface area (TPSA) is 40.3 Å². The van der Waals surface area contributed by atoms with Gasteiger partial charge in [0.1, 0.15) is 0 Å². The predicted octanol–water partition coefficient (Wildman–Crippen LogP) is 7.42. The van der Waals surface area contributed by atoms with Gasteiger partial charge in [-0.15, -0.1) is 0 Å². The van der Waals surface area contributed by atoms with Crippen LogP contribution < -0.4 is 0 Å². The van der Waals surface area contributed by atoms with Gasteiger partial charge in [0.25, 0.3) is 0 Å². The van der Waals surface area contributed by atoms with Crippen LogP contribution in [-0.4, -0.2) is 21.8 Å². The summed E-state index contributed by atoms with van der Waals surface area (Å²) in [6, 6.07) is 21.4. The number of hydrogen-bond acceptors (Lipinski definition) is 3. The molecule has 2 aromatic rings. The van der Waals surface area contributed by atoms with Crippen LogP contribution in [0, 0.1) is 5.92 Å². The predicted molar refractivity (Wildman–Crippen MR) is 139 cm³/mol. The summed E-state index contributed by atoms with van der Waals surface area (Å²) in [5, 5.41) is 10.1. The number of rotatable bonds is 11. The van der Waals surface area contributed by atoms with Crippen molar-refractivity contribution in [2.75, 3.05) is 0 Å². The van der Waals surface area contributed by atoms with Gasteiger partial charge in [-0.3, -0.25) is 4.79 Å². The molecular formula is C30H39NO2. The summed E-state index contributed by atoms with van der Waals surface area (Å²) in [5.74, 6) is -0.0434. The zero-order valence-electron chi connectivity index (χ0n) is 20.8. The van der Waals surface area contributed by atoms with Crippen molar-refractivity contribution in [1.82, 2.24) is 4.90 Å². The average molecular weight is 446 g/mol. The number of benzene rings is 2. The molecule has 0 aromatic heterocycles. The van der Waals surface area contributed by atoms with Gasteiger partial charge in [-0.1, -0.05) is 94.4 Å². The Morgan fingerprint density at radius 2 is 1.45 bits per heavy atom. The second-order valence-electron chi connectivity index (χ2n) is 8.23. The Balaban J connectivity index is 0.00000187. The fraction of sp³-hybridized carbons (Fsp3) is 0.367. The summed E-state index contributed by atoms with van der Waals surface area (Å²) in [5.41, 5.74) is 4.89. The van der Waals surface area contributed by atoms with E-state index in [0.717, 1.165) is 24.8 Å². The fourth-order valence-corrected chi connectivity index (χ4v) is 4.07. The maximum Gasteiger partial charge on any atom is 0.196 e. The summed E-state index contributed by atoms with van der Waals surface area (Å²) in [6.07, 6.45) is 9.24. The number of ketones is 1. The molecule has 0 spiro atoms. The van der Waals surface area contributed by atoms with Gasteiger partial charge >= 0.3 is 0 Å². The molecule has 1 heterocycles. The molecule has 1 unspecified atom stereocenters. The van der Waals surface area contributed by atoms with Gasteiger partial charge in [-0.25, -0.2) is 0 Å². The van der Waals surface area contributed by atoms with Gasteiger partial charge in [0, 0.05) is 18.3 Å². The molecule has 0 aliphatic carbocycles. The second kappa shape index (κ2) is 13.5. The maximum absolute atomic E-state index is 11.8. The average Bonchev–Trinajstić information content (AvgIpc) is 3.64. The molecule has 0 amide bonds. The highest BCUT2D eigenvalue weighted by Crippen LogP contribution is 2.35. The van der Waals surface area contributed by atoms with E-state index in [1.54, 1.807) is 13.0 Å². The quantitative estimate of drug-likeness (QED) is 0.222. The van der Waals surface area contributed by atoms with E-state index < -0.39 is 0 Å². The third-order valence-corrected chi connectivity index (χ3v) is 5.80. The van der Waals surface area contributed by atoms with Crippen molar-refractivity contribution in [3.05, 3.63) is 107 Å². The molecule has 3 nitrogen and oxygen atoms in total. The zero-order valence-corrected chi connectivity index (χ0v) is 20.8. The molecule has 0 saturated carbocycles. The molecule has 0 bridgehead atoms. The fourth-order valence-electron chi connectivity index (χ4n) is 4.07. The molecule has 0 radical (unpaired) electrons. The lowest BCUT2D eigenvalue weighted by Gasteiger charge is -2.29. The Labute approximate surface area is 200 Å². The number of allylic oxidation sites excluding steroid dienone is 4. The zero-order chi connectivity index (χ0) is 24.2. The summed E-state index contributed by atoms with van der Waals surface area (Å²) in [6.45, 7) is 9.90. The van der Waals surface area contributed by atoms with E-state index in [4.69, 9.17) is 0 Å². The van der Waals surface area contributed by atoms with Gasteiger partial charge in [-0.2, -0.15) is 0 Å². The molecule has 1 atom stereocenters. The lowest BCUT2D eigenvalue weighted by Crippen LogP contribution is -2.31. The standard InChI is InChI=1S/C28H33NO2.C2H6/c1-4-25-20-29(25)26(16-21(3)17-28(31)27(30)5-2)24(18-22-12-8-6-9-13-22)19-23-14-10-7-11-15-23;1-2/h6-17,20,24,26,31H,4-5,18-19H2,1-3H3;1-2H3/b21-16+,28-17-;. The lowest BCUT2D eigenvalue weighted by molar-refractivity contribution is -0.117. The number of carbonyl (C=O) groups excluding carboxylic acids is 1. The molecule has 3 rings (SSSR count). The van der Waals surface area contributed by atoms with E-state index in [2.05, 4.69) is 84.8 Å². The summed E-state index contributed by atoms with van der Waals surface area (Å²) in [4.78, 5) is 14.2.